The molecular formula is C12H21ClN4O2S. The Hall–Kier alpha value is -0.630. The van der Waals surface area contributed by atoms with E-state index in [-0.39, 0.29) is 10.0 Å². The van der Waals surface area contributed by atoms with Crippen molar-refractivity contribution in [2.24, 2.45) is 13.0 Å². The van der Waals surface area contributed by atoms with E-state index < -0.39 is 10.0 Å². The molecule has 1 aromatic rings. The van der Waals surface area contributed by atoms with Crippen LogP contribution in [0.15, 0.2) is 11.2 Å². The minimum Gasteiger partial charge on any atom is -0.316 e. The molecule has 0 bridgehead atoms. The summed E-state index contributed by atoms with van der Waals surface area (Å²) in [6.07, 6.45) is 3.51. The number of aromatic nitrogens is 2. The number of halogens is 1. The smallest absolute Gasteiger partial charge is 0.261 e. The second-order valence-electron chi connectivity index (χ2n) is 5.09. The fourth-order valence-corrected chi connectivity index (χ4v) is 4.71. The van der Waals surface area contributed by atoms with Gasteiger partial charge in [0.15, 0.2) is 5.03 Å². The van der Waals surface area contributed by atoms with Crippen LogP contribution >= 0.6 is 11.6 Å². The van der Waals surface area contributed by atoms with Gasteiger partial charge in [-0.2, -0.15) is 9.40 Å². The lowest BCUT2D eigenvalue weighted by atomic mass is 10.00. The van der Waals surface area contributed by atoms with Gasteiger partial charge in [0.05, 0.1) is 11.2 Å². The number of hydrogen-bond donors (Lipinski definition) is 1. The number of nitrogens with zero attached hydrogens (tertiary/aromatic N) is 3. The molecule has 1 aromatic heterocycles. The fraction of sp³-hybridized carbons (Fsp3) is 0.750. The third-order valence-electron chi connectivity index (χ3n) is 3.64. The number of piperidine rings is 1. The standard InChI is InChI=1S/C12H21ClN4O2S/c1-3-17(9-10-5-4-6-14-7-10)20(18,19)12-11(13)8-15-16(12)2/h8,10,14H,3-7,9H2,1-2H3. The number of nitrogens with one attached hydrogen (secondary N) is 1. The molecule has 1 aliphatic heterocycles. The average Bonchev–Trinajstić information content (AvgIpc) is 2.77. The lowest BCUT2D eigenvalue weighted by Gasteiger charge is -2.28. The molecule has 114 valence electrons. The molecule has 0 aliphatic carbocycles. The zero-order valence-corrected chi connectivity index (χ0v) is 13.4. The van der Waals surface area contributed by atoms with Crippen LogP contribution in [0.2, 0.25) is 5.02 Å². The summed E-state index contributed by atoms with van der Waals surface area (Å²) < 4.78 is 28.2. The van der Waals surface area contributed by atoms with E-state index in [2.05, 4.69) is 10.4 Å². The van der Waals surface area contributed by atoms with E-state index in [0.29, 0.717) is 19.0 Å². The summed E-state index contributed by atoms with van der Waals surface area (Å²) in [5.41, 5.74) is 0. The Labute approximate surface area is 125 Å². The van der Waals surface area contributed by atoms with Crippen molar-refractivity contribution in [3.05, 3.63) is 11.2 Å². The van der Waals surface area contributed by atoms with Crippen LogP contribution in [0, 0.1) is 5.92 Å². The summed E-state index contributed by atoms with van der Waals surface area (Å²) in [5.74, 6) is 0.352. The second-order valence-corrected chi connectivity index (χ2v) is 7.35. The molecule has 20 heavy (non-hydrogen) atoms. The lowest BCUT2D eigenvalue weighted by Crippen LogP contribution is -2.41. The van der Waals surface area contributed by atoms with E-state index in [0.717, 1.165) is 25.9 Å². The summed E-state index contributed by atoms with van der Waals surface area (Å²) in [7, 11) is -2.00. The van der Waals surface area contributed by atoms with Gasteiger partial charge in [-0.3, -0.25) is 4.68 Å². The van der Waals surface area contributed by atoms with Gasteiger partial charge in [0, 0.05) is 20.1 Å². The number of rotatable bonds is 5. The van der Waals surface area contributed by atoms with E-state index in [1.54, 1.807) is 7.05 Å². The Morgan fingerprint density at radius 2 is 2.35 bits per heavy atom. The van der Waals surface area contributed by atoms with Crippen molar-refractivity contribution in [1.29, 1.82) is 0 Å². The summed E-state index contributed by atoms with van der Waals surface area (Å²) in [5, 5.41) is 7.47. The average molecular weight is 321 g/mol. The molecule has 0 spiro atoms. The first kappa shape index (κ1) is 15.8. The molecule has 1 N–H and O–H groups in total. The first-order valence-corrected chi connectivity index (χ1v) is 8.67. The van der Waals surface area contributed by atoms with Crippen LogP contribution in [0.25, 0.3) is 0 Å². The van der Waals surface area contributed by atoms with Gasteiger partial charge in [-0.15, -0.1) is 0 Å². The van der Waals surface area contributed by atoms with Crippen LogP contribution in [0.5, 0.6) is 0 Å². The summed E-state index contributed by atoms with van der Waals surface area (Å²) >= 11 is 5.97. The Balaban J connectivity index is 2.21. The van der Waals surface area contributed by atoms with Crippen LogP contribution in [0.3, 0.4) is 0 Å². The molecule has 1 aliphatic rings. The molecule has 1 atom stereocenters. The van der Waals surface area contributed by atoms with E-state index in [9.17, 15) is 8.42 Å². The number of aryl methyl sites for hydroxylation is 1. The van der Waals surface area contributed by atoms with Crippen molar-refractivity contribution in [1.82, 2.24) is 19.4 Å². The van der Waals surface area contributed by atoms with Crippen molar-refractivity contribution >= 4 is 21.6 Å². The van der Waals surface area contributed by atoms with Gasteiger partial charge >= 0.3 is 0 Å². The summed E-state index contributed by atoms with van der Waals surface area (Å²) in [6, 6.07) is 0. The maximum absolute atomic E-state index is 12.7. The number of sulfonamides is 1. The highest BCUT2D eigenvalue weighted by atomic mass is 35.5. The van der Waals surface area contributed by atoms with Gasteiger partial charge in [-0.1, -0.05) is 18.5 Å². The van der Waals surface area contributed by atoms with E-state index >= 15 is 0 Å². The van der Waals surface area contributed by atoms with Gasteiger partial charge in [0.1, 0.15) is 0 Å². The topological polar surface area (TPSA) is 67.2 Å². The largest absolute Gasteiger partial charge is 0.316 e. The summed E-state index contributed by atoms with van der Waals surface area (Å²) in [6.45, 7) is 4.68. The first-order chi connectivity index (χ1) is 9.46. The molecular weight excluding hydrogens is 300 g/mol. The Morgan fingerprint density at radius 1 is 1.60 bits per heavy atom. The van der Waals surface area contributed by atoms with Crippen LogP contribution in [-0.2, 0) is 17.1 Å². The molecule has 0 aromatic carbocycles. The Bertz CT molecular complexity index is 532. The highest BCUT2D eigenvalue weighted by molar-refractivity contribution is 7.89. The molecule has 0 saturated carbocycles. The number of hydrogen-bond acceptors (Lipinski definition) is 4. The van der Waals surface area contributed by atoms with E-state index in [4.69, 9.17) is 11.6 Å². The van der Waals surface area contributed by atoms with E-state index in [1.165, 1.54) is 15.2 Å². The molecule has 1 fully saturated rings. The SMILES string of the molecule is CCN(CC1CCCNC1)S(=O)(=O)c1c(Cl)cnn1C. The molecule has 6 nitrogen and oxygen atoms in total. The predicted molar refractivity (Wildman–Crippen MR) is 78.2 cm³/mol. The van der Waals surface area contributed by atoms with Gasteiger partial charge in [0.25, 0.3) is 10.0 Å². The highest BCUT2D eigenvalue weighted by Crippen LogP contribution is 2.25. The minimum atomic E-state index is -3.59. The maximum atomic E-state index is 12.7. The van der Waals surface area contributed by atoms with Crippen LogP contribution in [-0.4, -0.2) is 48.7 Å². The zero-order chi connectivity index (χ0) is 14.8. The van der Waals surface area contributed by atoms with Crippen molar-refractivity contribution in [3.63, 3.8) is 0 Å². The van der Waals surface area contributed by atoms with E-state index in [1.807, 2.05) is 6.92 Å². The summed E-state index contributed by atoms with van der Waals surface area (Å²) in [4.78, 5) is 0. The normalized spacial score (nSPS) is 20.5. The van der Waals surface area contributed by atoms with Gasteiger partial charge in [0.2, 0.25) is 0 Å². The first-order valence-electron chi connectivity index (χ1n) is 6.85. The van der Waals surface area contributed by atoms with Crippen LogP contribution < -0.4 is 5.32 Å². The molecule has 1 saturated heterocycles. The van der Waals surface area contributed by atoms with Crippen molar-refractivity contribution in [3.8, 4) is 0 Å². The third kappa shape index (κ3) is 3.16. The van der Waals surface area contributed by atoms with Gasteiger partial charge < -0.3 is 5.32 Å². The second kappa shape index (κ2) is 6.43. The minimum absolute atomic E-state index is 0.0739. The van der Waals surface area contributed by atoms with Gasteiger partial charge in [-0.25, -0.2) is 8.42 Å². The molecule has 1 unspecified atom stereocenters. The Kier molecular flexibility index (Phi) is 5.06. The maximum Gasteiger partial charge on any atom is 0.261 e. The molecule has 2 rings (SSSR count). The molecule has 2 heterocycles. The zero-order valence-electron chi connectivity index (χ0n) is 11.8. The third-order valence-corrected chi connectivity index (χ3v) is 6.09. The van der Waals surface area contributed by atoms with Crippen molar-refractivity contribution in [2.45, 2.75) is 24.8 Å². The van der Waals surface area contributed by atoms with Crippen molar-refractivity contribution in [2.75, 3.05) is 26.2 Å². The van der Waals surface area contributed by atoms with Crippen LogP contribution in [0.4, 0.5) is 0 Å². The lowest BCUT2D eigenvalue weighted by molar-refractivity contribution is 0.296. The van der Waals surface area contributed by atoms with Crippen molar-refractivity contribution < 1.29 is 8.42 Å². The van der Waals surface area contributed by atoms with Gasteiger partial charge in [-0.05, 0) is 31.8 Å². The molecule has 0 radical (unpaired) electrons. The quantitative estimate of drug-likeness (QED) is 0.881. The molecule has 0 amide bonds. The fourth-order valence-electron chi connectivity index (χ4n) is 2.58. The molecule has 8 heteroatoms. The highest BCUT2D eigenvalue weighted by Gasteiger charge is 2.31. The Morgan fingerprint density at radius 3 is 2.85 bits per heavy atom. The predicted octanol–water partition coefficient (Wildman–Crippen LogP) is 1.08. The monoisotopic (exact) mass is 320 g/mol. The van der Waals surface area contributed by atoms with Crippen LogP contribution in [0.1, 0.15) is 19.8 Å².